The molecule has 1 saturated heterocycles. The highest BCUT2D eigenvalue weighted by molar-refractivity contribution is 5.25. The first-order chi connectivity index (χ1) is 14.8. The minimum absolute atomic E-state index is 0.294. The van der Waals surface area contributed by atoms with Crippen molar-refractivity contribution in [3.63, 3.8) is 0 Å². The number of aryl methyl sites for hydroxylation is 1. The fourth-order valence-electron chi connectivity index (χ4n) is 4.91. The zero-order valence-corrected chi connectivity index (χ0v) is 17.9. The van der Waals surface area contributed by atoms with Crippen molar-refractivity contribution in [1.29, 1.82) is 0 Å². The summed E-state index contributed by atoms with van der Waals surface area (Å²) in [5.41, 5.74) is 9.74. The SMILES string of the molecule is NCCCC(C[C@H]1CC(OCc2ccccc2)CN1)N[C@H]1CCCc2cccnc21. The van der Waals surface area contributed by atoms with Gasteiger partial charge in [0.1, 0.15) is 0 Å². The predicted octanol–water partition coefficient (Wildman–Crippen LogP) is 3.49. The second-order valence-corrected chi connectivity index (χ2v) is 8.78. The lowest BCUT2D eigenvalue weighted by atomic mass is 9.90. The lowest BCUT2D eigenvalue weighted by molar-refractivity contribution is 0.0521. The van der Waals surface area contributed by atoms with Gasteiger partial charge < -0.3 is 21.1 Å². The van der Waals surface area contributed by atoms with Gasteiger partial charge >= 0.3 is 0 Å². The van der Waals surface area contributed by atoms with Gasteiger partial charge in [0, 0.05) is 30.9 Å². The fourth-order valence-corrected chi connectivity index (χ4v) is 4.91. The Morgan fingerprint density at radius 2 is 2.10 bits per heavy atom. The molecule has 30 heavy (non-hydrogen) atoms. The van der Waals surface area contributed by atoms with Crippen molar-refractivity contribution in [2.75, 3.05) is 13.1 Å². The first-order valence-corrected chi connectivity index (χ1v) is 11.6. The fraction of sp³-hybridized carbons (Fsp3) is 0.560. The average molecular weight is 409 g/mol. The zero-order chi connectivity index (χ0) is 20.6. The Morgan fingerprint density at radius 3 is 2.97 bits per heavy atom. The molecule has 1 aromatic carbocycles. The van der Waals surface area contributed by atoms with E-state index in [4.69, 9.17) is 15.5 Å². The largest absolute Gasteiger partial charge is 0.372 e. The summed E-state index contributed by atoms with van der Waals surface area (Å²) in [5.74, 6) is 0. The lowest BCUT2D eigenvalue weighted by Gasteiger charge is -2.31. The molecule has 162 valence electrons. The molecule has 4 N–H and O–H groups in total. The van der Waals surface area contributed by atoms with E-state index >= 15 is 0 Å². The Hall–Kier alpha value is -1.79. The molecule has 2 aromatic rings. The number of nitrogens with zero attached hydrogens (tertiary/aromatic N) is 1. The van der Waals surface area contributed by atoms with Gasteiger partial charge in [-0.25, -0.2) is 0 Å². The van der Waals surface area contributed by atoms with Crippen LogP contribution in [-0.2, 0) is 17.8 Å². The van der Waals surface area contributed by atoms with Crippen LogP contribution in [-0.4, -0.2) is 36.3 Å². The molecule has 4 rings (SSSR count). The third-order valence-electron chi connectivity index (χ3n) is 6.47. The third-order valence-corrected chi connectivity index (χ3v) is 6.47. The molecule has 1 aliphatic heterocycles. The molecule has 1 aromatic heterocycles. The standard InChI is InChI=1S/C25H36N4O/c26-13-5-11-21(29-24-12-4-9-20-10-6-14-27-25(20)24)15-22-16-23(17-28-22)30-18-19-7-2-1-3-8-19/h1-3,6-8,10,14,21-24,28-29H,4-5,9,11-13,15-18,26H2/t21?,22-,23?,24-/m0/s1. The summed E-state index contributed by atoms with van der Waals surface area (Å²) >= 11 is 0. The van der Waals surface area contributed by atoms with Crippen LogP contribution >= 0.6 is 0 Å². The van der Waals surface area contributed by atoms with Crippen LogP contribution in [0.25, 0.3) is 0 Å². The van der Waals surface area contributed by atoms with Crippen LogP contribution in [0.2, 0.25) is 0 Å². The Morgan fingerprint density at radius 1 is 1.20 bits per heavy atom. The Labute approximate surface area is 180 Å². The number of nitrogens with one attached hydrogen (secondary N) is 2. The van der Waals surface area contributed by atoms with E-state index in [0.29, 0.717) is 30.8 Å². The Bertz CT molecular complexity index is 769. The van der Waals surface area contributed by atoms with Crippen LogP contribution in [0.5, 0.6) is 0 Å². The Balaban J connectivity index is 1.30. The first kappa shape index (κ1) is 21.4. The van der Waals surface area contributed by atoms with Crippen molar-refractivity contribution in [3.05, 3.63) is 65.5 Å². The number of fused-ring (bicyclic) bond motifs is 1. The van der Waals surface area contributed by atoms with Crippen molar-refractivity contribution in [2.45, 2.75) is 75.8 Å². The van der Waals surface area contributed by atoms with Crippen molar-refractivity contribution >= 4 is 0 Å². The molecule has 0 spiro atoms. The molecule has 5 heteroatoms. The van der Waals surface area contributed by atoms with Gasteiger partial charge in [-0.3, -0.25) is 4.98 Å². The third kappa shape index (κ3) is 5.88. The van der Waals surface area contributed by atoms with E-state index in [2.05, 4.69) is 47.0 Å². The summed E-state index contributed by atoms with van der Waals surface area (Å²) < 4.78 is 6.17. The predicted molar refractivity (Wildman–Crippen MR) is 121 cm³/mol. The normalized spacial score (nSPS) is 24.5. The van der Waals surface area contributed by atoms with Gasteiger partial charge in [-0.15, -0.1) is 0 Å². The van der Waals surface area contributed by atoms with Crippen LogP contribution in [0.4, 0.5) is 0 Å². The molecule has 4 atom stereocenters. The lowest BCUT2D eigenvalue weighted by Crippen LogP contribution is -2.39. The summed E-state index contributed by atoms with van der Waals surface area (Å²) in [6, 6.07) is 16.1. The van der Waals surface area contributed by atoms with E-state index in [1.807, 2.05) is 12.3 Å². The van der Waals surface area contributed by atoms with E-state index in [0.717, 1.165) is 45.2 Å². The number of benzene rings is 1. The summed E-state index contributed by atoms with van der Waals surface area (Å²) in [5, 5.41) is 7.64. The average Bonchev–Trinajstić information content (AvgIpc) is 3.24. The zero-order valence-electron chi connectivity index (χ0n) is 17.9. The topological polar surface area (TPSA) is 72.2 Å². The summed E-state index contributed by atoms with van der Waals surface area (Å²) in [6.07, 6.45) is 10.1. The molecule has 1 aliphatic carbocycles. The highest BCUT2D eigenvalue weighted by atomic mass is 16.5. The number of ether oxygens (including phenoxy) is 1. The van der Waals surface area contributed by atoms with E-state index < -0.39 is 0 Å². The number of nitrogens with two attached hydrogens (primary N) is 1. The van der Waals surface area contributed by atoms with Crippen LogP contribution in [0.3, 0.4) is 0 Å². The Kier molecular flexibility index (Phi) is 7.87. The molecule has 0 radical (unpaired) electrons. The smallest absolute Gasteiger partial charge is 0.0721 e. The number of pyridine rings is 1. The maximum Gasteiger partial charge on any atom is 0.0721 e. The summed E-state index contributed by atoms with van der Waals surface area (Å²) in [6.45, 7) is 2.38. The molecular weight excluding hydrogens is 372 g/mol. The van der Waals surface area contributed by atoms with Crippen molar-refractivity contribution in [2.24, 2.45) is 5.73 Å². The molecule has 0 saturated carbocycles. The minimum atomic E-state index is 0.294. The van der Waals surface area contributed by atoms with E-state index in [-0.39, 0.29) is 0 Å². The summed E-state index contributed by atoms with van der Waals surface area (Å²) in [4.78, 5) is 4.71. The molecule has 2 heterocycles. The van der Waals surface area contributed by atoms with Crippen molar-refractivity contribution < 1.29 is 4.74 Å². The van der Waals surface area contributed by atoms with Crippen molar-refractivity contribution in [1.82, 2.24) is 15.6 Å². The highest BCUT2D eigenvalue weighted by Crippen LogP contribution is 2.29. The van der Waals surface area contributed by atoms with E-state index in [1.165, 1.54) is 29.7 Å². The number of hydrogen-bond donors (Lipinski definition) is 3. The van der Waals surface area contributed by atoms with Gasteiger partial charge in [-0.1, -0.05) is 36.4 Å². The van der Waals surface area contributed by atoms with Gasteiger partial charge in [0.05, 0.1) is 18.4 Å². The van der Waals surface area contributed by atoms with Crippen molar-refractivity contribution in [3.8, 4) is 0 Å². The highest BCUT2D eigenvalue weighted by Gasteiger charge is 2.29. The van der Waals surface area contributed by atoms with E-state index in [1.54, 1.807) is 0 Å². The van der Waals surface area contributed by atoms with Crippen LogP contribution < -0.4 is 16.4 Å². The van der Waals surface area contributed by atoms with Crippen LogP contribution in [0.15, 0.2) is 48.7 Å². The molecule has 1 fully saturated rings. The molecule has 2 aliphatic rings. The monoisotopic (exact) mass is 408 g/mol. The second-order valence-electron chi connectivity index (χ2n) is 8.78. The molecule has 0 bridgehead atoms. The minimum Gasteiger partial charge on any atom is -0.372 e. The second kappa shape index (κ2) is 11.0. The molecular formula is C25H36N4O. The van der Waals surface area contributed by atoms with Gasteiger partial charge in [0.25, 0.3) is 0 Å². The van der Waals surface area contributed by atoms with Gasteiger partial charge in [0.2, 0.25) is 0 Å². The summed E-state index contributed by atoms with van der Waals surface area (Å²) in [7, 11) is 0. The molecule has 0 amide bonds. The number of hydrogen-bond acceptors (Lipinski definition) is 5. The van der Waals surface area contributed by atoms with Gasteiger partial charge in [-0.05, 0) is 68.7 Å². The molecule has 5 nitrogen and oxygen atoms in total. The number of rotatable bonds is 10. The van der Waals surface area contributed by atoms with Crippen LogP contribution in [0, 0.1) is 0 Å². The van der Waals surface area contributed by atoms with Gasteiger partial charge in [-0.2, -0.15) is 0 Å². The maximum absolute atomic E-state index is 6.17. The van der Waals surface area contributed by atoms with Crippen LogP contribution in [0.1, 0.15) is 61.4 Å². The maximum atomic E-state index is 6.17. The first-order valence-electron chi connectivity index (χ1n) is 11.6. The molecule has 2 unspecified atom stereocenters. The van der Waals surface area contributed by atoms with E-state index in [9.17, 15) is 0 Å². The number of aromatic nitrogens is 1. The quantitative estimate of drug-likeness (QED) is 0.561. The van der Waals surface area contributed by atoms with Gasteiger partial charge in [0.15, 0.2) is 0 Å².